The van der Waals surface area contributed by atoms with Crippen LogP contribution in [0.2, 0.25) is 0 Å². The predicted molar refractivity (Wildman–Crippen MR) is 94.1 cm³/mol. The molecule has 1 aliphatic heterocycles. The number of aryl methyl sites for hydroxylation is 1. The zero-order chi connectivity index (χ0) is 18.8. The number of amides is 1. The molecule has 1 aliphatic rings. The Balaban J connectivity index is 2.14. The standard InChI is InChI=1S/C20H18FNO4/c1-3-26-20(25)16-17(13-6-8-14(21)9-7-13)22(19(24)18(16)23)15-10-4-12(2)5-11-15/h4-11,17,23H,3H2,1-2H3. The van der Waals surface area contributed by atoms with Crippen LogP contribution in [0.4, 0.5) is 10.1 Å². The lowest BCUT2D eigenvalue weighted by Crippen LogP contribution is -2.31. The molecule has 1 heterocycles. The van der Waals surface area contributed by atoms with Gasteiger partial charge in [0.15, 0.2) is 5.76 Å². The third-order valence-electron chi connectivity index (χ3n) is 4.20. The molecule has 0 bridgehead atoms. The molecule has 1 unspecified atom stereocenters. The van der Waals surface area contributed by atoms with Crippen LogP contribution < -0.4 is 4.90 Å². The van der Waals surface area contributed by atoms with E-state index in [0.29, 0.717) is 11.3 Å². The van der Waals surface area contributed by atoms with Crippen molar-refractivity contribution in [1.82, 2.24) is 0 Å². The molecule has 2 aromatic rings. The fourth-order valence-corrected chi connectivity index (χ4v) is 2.95. The number of aliphatic hydroxyl groups is 1. The molecular formula is C20H18FNO4. The van der Waals surface area contributed by atoms with Gasteiger partial charge in [0.2, 0.25) is 0 Å². The molecule has 0 radical (unpaired) electrons. The highest BCUT2D eigenvalue weighted by atomic mass is 19.1. The SMILES string of the molecule is CCOC(=O)C1=C(O)C(=O)N(c2ccc(C)cc2)C1c1ccc(F)cc1. The van der Waals surface area contributed by atoms with Crippen LogP contribution >= 0.6 is 0 Å². The molecule has 0 spiro atoms. The maximum Gasteiger partial charge on any atom is 0.340 e. The highest BCUT2D eigenvalue weighted by molar-refractivity contribution is 6.15. The Hall–Kier alpha value is -3.15. The van der Waals surface area contributed by atoms with Crippen LogP contribution in [-0.2, 0) is 14.3 Å². The van der Waals surface area contributed by atoms with Crippen molar-refractivity contribution in [2.45, 2.75) is 19.9 Å². The van der Waals surface area contributed by atoms with Gasteiger partial charge in [0, 0.05) is 5.69 Å². The van der Waals surface area contributed by atoms with Gasteiger partial charge in [0.25, 0.3) is 5.91 Å². The maximum atomic E-state index is 13.3. The first kappa shape index (κ1) is 17.7. The normalized spacial score (nSPS) is 17.0. The fraction of sp³-hybridized carbons (Fsp3) is 0.200. The zero-order valence-electron chi connectivity index (χ0n) is 14.4. The largest absolute Gasteiger partial charge is 0.503 e. The summed E-state index contributed by atoms with van der Waals surface area (Å²) in [6.45, 7) is 3.65. The van der Waals surface area contributed by atoms with E-state index in [9.17, 15) is 19.1 Å². The summed E-state index contributed by atoms with van der Waals surface area (Å²) < 4.78 is 18.3. The van der Waals surface area contributed by atoms with E-state index in [4.69, 9.17) is 4.74 Å². The van der Waals surface area contributed by atoms with Gasteiger partial charge in [0.05, 0.1) is 12.6 Å². The maximum absolute atomic E-state index is 13.3. The average molecular weight is 355 g/mol. The molecule has 1 atom stereocenters. The second kappa shape index (κ2) is 7.00. The van der Waals surface area contributed by atoms with Crippen LogP contribution in [-0.4, -0.2) is 23.6 Å². The van der Waals surface area contributed by atoms with Crippen LogP contribution in [0.5, 0.6) is 0 Å². The van der Waals surface area contributed by atoms with Gasteiger partial charge in [-0.3, -0.25) is 9.69 Å². The van der Waals surface area contributed by atoms with Crippen molar-refractivity contribution in [2.75, 3.05) is 11.5 Å². The summed E-state index contributed by atoms with van der Waals surface area (Å²) in [5.74, 6) is -2.57. The number of hydrogen-bond donors (Lipinski definition) is 1. The minimum absolute atomic E-state index is 0.102. The summed E-state index contributed by atoms with van der Waals surface area (Å²) in [4.78, 5) is 26.4. The van der Waals surface area contributed by atoms with Crippen molar-refractivity contribution in [3.05, 3.63) is 76.8 Å². The van der Waals surface area contributed by atoms with Gasteiger partial charge < -0.3 is 9.84 Å². The average Bonchev–Trinajstić information content (AvgIpc) is 2.88. The molecule has 0 saturated heterocycles. The summed E-state index contributed by atoms with van der Waals surface area (Å²) in [5, 5.41) is 10.3. The van der Waals surface area contributed by atoms with E-state index in [0.717, 1.165) is 5.56 Å². The molecule has 134 valence electrons. The number of carbonyl (C=O) groups is 2. The summed E-state index contributed by atoms with van der Waals surface area (Å²) in [5.41, 5.74) is 1.86. The number of aliphatic hydroxyl groups excluding tert-OH is 1. The number of benzene rings is 2. The van der Waals surface area contributed by atoms with Crippen LogP contribution in [0.15, 0.2) is 59.9 Å². The van der Waals surface area contributed by atoms with Crippen molar-refractivity contribution in [3.8, 4) is 0 Å². The summed E-state index contributed by atoms with van der Waals surface area (Å²) >= 11 is 0. The quantitative estimate of drug-likeness (QED) is 0.851. The Labute approximate surface area is 150 Å². The van der Waals surface area contributed by atoms with E-state index in [-0.39, 0.29) is 12.2 Å². The molecule has 0 aromatic heterocycles. The second-order valence-electron chi connectivity index (χ2n) is 5.95. The van der Waals surface area contributed by atoms with Crippen molar-refractivity contribution < 1.29 is 23.8 Å². The van der Waals surface area contributed by atoms with E-state index in [1.165, 1.54) is 29.2 Å². The number of esters is 1. The van der Waals surface area contributed by atoms with E-state index in [2.05, 4.69) is 0 Å². The van der Waals surface area contributed by atoms with Gasteiger partial charge in [-0.25, -0.2) is 9.18 Å². The topological polar surface area (TPSA) is 66.8 Å². The monoisotopic (exact) mass is 355 g/mol. The van der Waals surface area contributed by atoms with Gasteiger partial charge in [0.1, 0.15) is 11.4 Å². The van der Waals surface area contributed by atoms with Crippen LogP contribution in [0.25, 0.3) is 0 Å². The van der Waals surface area contributed by atoms with Crippen LogP contribution in [0, 0.1) is 12.7 Å². The molecule has 2 aromatic carbocycles. The predicted octanol–water partition coefficient (Wildman–Crippen LogP) is 3.60. The first-order valence-electron chi connectivity index (χ1n) is 8.20. The van der Waals surface area contributed by atoms with Crippen LogP contribution in [0.1, 0.15) is 24.1 Å². The Morgan fingerprint density at radius 1 is 1.15 bits per heavy atom. The zero-order valence-corrected chi connectivity index (χ0v) is 14.4. The van der Waals surface area contributed by atoms with Gasteiger partial charge in [-0.15, -0.1) is 0 Å². The number of halogens is 1. The number of ether oxygens (including phenoxy) is 1. The molecule has 0 saturated carbocycles. The molecular weight excluding hydrogens is 337 g/mol. The molecule has 1 N–H and O–H groups in total. The summed E-state index contributed by atoms with van der Waals surface area (Å²) in [6, 6.07) is 11.6. The molecule has 6 heteroatoms. The second-order valence-corrected chi connectivity index (χ2v) is 5.95. The molecule has 0 fully saturated rings. The molecule has 3 rings (SSSR count). The molecule has 0 aliphatic carbocycles. The summed E-state index contributed by atoms with van der Waals surface area (Å²) in [7, 11) is 0. The lowest BCUT2D eigenvalue weighted by atomic mass is 9.98. The highest BCUT2D eigenvalue weighted by Gasteiger charge is 2.45. The smallest absolute Gasteiger partial charge is 0.340 e. The molecule has 26 heavy (non-hydrogen) atoms. The minimum Gasteiger partial charge on any atom is -0.503 e. The third-order valence-corrected chi connectivity index (χ3v) is 4.20. The van der Waals surface area contributed by atoms with Gasteiger partial charge in [-0.05, 0) is 43.7 Å². The van der Waals surface area contributed by atoms with E-state index in [1.54, 1.807) is 19.1 Å². The summed E-state index contributed by atoms with van der Waals surface area (Å²) in [6.07, 6.45) is 0. The Kier molecular flexibility index (Phi) is 4.75. The number of hydrogen-bond acceptors (Lipinski definition) is 4. The van der Waals surface area contributed by atoms with Crippen molar-refractivity contribution in [2.24, 2.45) is 0 Å². The Morgan fingerprint density at radius 3 is 2.35 bits per heavy atom. The highest BCUT2D eigenvalue weighted by Crippen LogP contribution is 2.41. The van der Waals surface area contributed by atoms with Crippen molar-refractivity contribution in [3.63, 3.8) is 0 Å². The molecule has 5 nitrogen and oxygen atoms in total. The lowest BCUT2D eigenvalue weighted by Gasteiger charge is -2.26. The third kappa shape index (κ3) is 3.06. The number of nitrogens with zero attached hydrogens (tertiary/aromatic N) is 1. The first-order valence-corrected chi connectivity index (χ1v) is 8.20. The number of anilines is 1. The lowest BCUT2D eigenvalue weighted by molar-refractivity contribution is -0.139. The van der Waals surface area contributed by atoms with Crippen molar-refractivity contribution in [1.29, 1.82) is 0 Å². The number of rotatable bonds is 4. The van der Waals surface area contributed by atoms with E-state index in [1.807, 2.05) is 19.1 Å². The number of carbonyl (C=O) groups excluding carboxylic acids is 2. The Bertz CT molecular complexity index is 872. The minimum atomic E-state index is -0.898. The molecule has 1 amide bonds. The van der Waals surface area contributed by atoms with Gasteiger partial charge >= 0.3 is 5.97 Å². The van der Waals surface area contributed by atoms with Crippen molar-refractivity contribution >= 4 is 17.6 Å². The first-order chi connectivity index (χ1) is 12.4. The van der Waals surface area contributed by atoms with Gasteiger partial charge in [-0.1, -0.05) is 29.8 Å². The van der Waals surface area contributed by atoms with Gasteiger partial charge in [-0.2, -0.15) is 0 Å². The van der Waals surface area contributed by atoms with Crippen LogP contribution in [0.3, 0.4) is 0 Å². The Morgan fingerprint density at radius 2 is 1.77 bits per heavy atom. The fourth-order valence-electron chi connectivity index (χ4n) is 2.95. The van der Waals surface area contributed by atoms with E-state index < -0.39 is 29.5 Å². The van der Waals surface area contributed by atoms with E-state index >= 15 is 0 Å².